The quantitative estimate of drug-likeness (QED) is 0.466. The van der Waals surface area contributed by atoms with Crippen LogP contribution < -0.4 is 0 Å². The molecule has 0 aromatic rings. The van der Waals surface area contributed by atoms with E-state index in [1.54, 1.807) is 6.92 Å². The fourth-order valence-corrected chi connectivity index (χ4v) is 1.17. The van der Waals surface area contributed by atoms with Crippen LogP contribution in [-0.4, -0.2) is 40.4 Å². The molecule has 0 aromatic heterocycles. The van der Waals surface area contributed by atoms with E-state index in [9.17, 15) is 5.11 Å². The van der Waals surface area contributed by atoms with Gasteiger partial charge in [0.15, 0.2) is 6.29 Å². The zero-order valence-electron chi connectivity index (χ0n) is 6.47. The molecule has 0 aromatic carbocycles. The Morgan fingerprint density at radius 1 is 1.45 bits per heavy atom. The molecule has 11 heavy (non-hydrogen) atoms. The van der Waals surface area contributed by atoms with Crippen molar-refractivity contribution in [1.29, 1.82) is 0 Å². The molecule has 4 atom stereocenters. The van der Waals surface area contributed by atoms with Crippen LogP contribution in [0.25, 0.3) is 0 Å². The van der Waals surface area contributed by atoms with Gasteiger partial charge in [-0.25, -0.2) is 0 Å². The molecule has 3 unspecified atom stereocenters. The molecule has 1 saturated heterocycles. The van der Waals surface area contributed by atoms with Crippen LogP contribution in [-0.2, 0) is 4.74 Å². The van der Waals surface area contributed by atoms with E-state index in [2.05, 4.69) is 0 Å². The third-order valence-electron chi connectivity index (χ3n) is 2.10. The van der Waals surface area contributed by atoms with Crippen LogP contribution >= 0.6 is 0 Å². The third-order valence-corrected chi connectivity index (χ3v) is 2.10. The lowest BCUT2D eigenvalue weighted by Gasteiger charge is -2.34. The van der Waals surface area contributed by atoms with Gasteiger partial charge in [-0.15, -0.1) is 0 Å². The van der Waals surface area contributed by atoms with Crippen molar-refractivity contribution in [1.82, 2.24) is 0 Å². The lowest BCUT2D eigenvalue weighted by atomic mass is 9.95. The molecule has 1 heterocycles. The lowest BCUT2D eigenvalue weighted by molar-refractivity contribution is -0.226. The molecule has 3 N–H and O–H groups in total. The Bertz CT molecular complexity index is 116. The molecule has 0 bridgehead atoms. The van der Waals surface area contributed by atoms with E-state index < -0.39 is 18.5 Å². The summed E-state index contributed by atoms with van der Waals surface area (Å²) in [5, 5.41) is 27.1. The summed E-state index contributed by atoms with van der Waals surface area (Å²) in [5.41, 5.74) is 0. The summed E-state index contributed by atoms with van der Waals surface area (Å²) in [6.45, 7) is 1.56. The van der Waals surface area contributed by atoms with E-state index in [1.165, 1.54) is 0 Å². The molecular weight excluding hydrogens is 148 g/mol. The first-order valence-corrected chi connectivity index (χ1v) is 3.77. The summed E-state index contributed by atoms with van der Waals surface area (Å²) in [6.07, 6.45) is -1.54. The van der Waals surface area contributed by atoms with E-state index in [0.29, 0.717) is 6.42 Å². The highest BCUT2D eigenvalue weighted by Crippen LogP contribution is 2.23. The van der Waals surface area contributed by atoms with Gasteiger partial charge in [0.2, 0.25) is 0 Å². The molecule has 4 nitrogen and oxygen atoms in total. The van der Waals surface area contributed by atoms with Crippen molar-refractivity contribution in [3.63, 3.8) is 0 Å². The summed E-state index contributed by atoms with van der Waals surface area (Å²) in [7, 11) is 0. The maximum absolute atomic E-state index is 9.30. The molecule has 0 aliphatic carbocycles. The summed E-state index contributed by atoms with van der Waals surface area (Å²) in [5.74, 6) is -0.266. The van der Waals surface area contributed by atoms with E-state index in [0.717, 1.165) is 0 Å². The van der Waals surface area contributed by atoms with Gasteiger partial charge in [0, 0.05) is 12.3 Å². The minimum Gasteiger partial charge on any atom is -0.394 e. The van der Waals surface area contributed by atoms with Crippen LogP contribution in [0.5, 0.6) is 0 Å². The molecule has 0 amide bonds. The molecular formula is C7H14O4. The van der Waals surface area contributed by atoms with Gasteiger partial charge in [-0.3, -0.25) is 0 Å². The number of aliphatic hydroxyl groups is 3. The zero-order chi connectivity index (χ0) is 8.43. The normalized spacial score (nSPS) is 45.8. The fraction of sp³-hybridized carbons (Fsp3) is 1.00. The van der Waals surface area contributed by atoms with Crippen molar-refractivity contribution < 1.29 is 20.1 Å². The molecule has 1 aliphatic rings. The second kappa shape index (κ2) is 3.49. The minimum atomic E-state index is -0.948. The van der Waals surface area contributed by atoms with Gasteiger partial charge in [0.1, 0.15) is 0 Å². The largest absolute Gasteiger partial charge is 0.394 e. The van der Waals surface area contributed by atoms with E-state index >= 15 is 0 Å². The van der Waals surface area contributed by atoms with E-state index in [-0.39, 0.29) is 12.5 Å². The Morgan fingerprint density at radius 2 is 2.09 bits per heavy atom. The maximum Gasteiger partial charge on any atom is 0.160 e. The van der Waals surface area contributed by atoms with Crippen molar-refractivity contribution in [3.8, 4) is 0 Å². The Hall–Kier alpha value is -0.160. The lowest BCUT2D eigenvalue weighted by Crippen LogP contribution is -2.43. The Morgan fingerprint density at radius 3 is 2.55 bits per heavy atom. The zero-order valence-corrected chi connectivity index (χ0v) is 6.47. The Labute approximate surface area is 65.4 Å². The van der Waals surface area contributed by atoms with Crippen molar-refractivity contribution in [2.45, 2.75) is 31.8 Å². The number of aliphatic hydroxyl groups excluding tert-OH is 3. The van der Waals surface area contributed by atoms with Gasteiger partial charge in [0.05, 0.1) is 18.8 Å². The predicted molar refractivity (Wildman–Crippen MR) is 37.8 cm³/mol. The van der Waals surface area contributed by atoms with Gasteiger partial charge in [-0.05, 0) is 0 Å². The van der Waals surface area contributed by atoms with Crippen molar-refractivity contribution in [2.24, 2.45) is 5.92 Å². The second-order valence-corrected chi connectivity index (χ2v) is 2.99. The van der Waals surface area contributed by atoms with Gasteiger partial charge < -0.3 is 20.1 Å². The van der Waals surface area contributed by atoms with Gasteiger partial charge in [-0.2, -0.15) is 0 Å². The van der Waals surface area contributed by atoms with Gasteiger partial charge in [0.25, 0.3) is 0 Å². The topological polar surface area (TPSA) is 69.9 Å². The first-order valence-electron chi connectivity index (χ1n) is 3.77. The standard InChI is InChI=1S/C7H14O4/c1-4-6(9)2-5(3-8)11-7(4)10/h4-10H,2-3H2,1H3/t4-,5?,6?,7?/m1/s1. The summed E-state index contributed by atoms with van der Waals surface area (Å²) in [4.78, 5) is 0. The minimum absolute atomic E-state index is 0.152. The van der Waals surface area contributed by atoms with Crippen LogP contribution in [0, 0.1) is 5.92 Å². The van der Waals surface area contributed by atoms with Crippen molar-refractivity contribution in [3.05, 3.63) is 0 Å². The fourth-order valence-electron chi connectivity index (χ4n) is 1.17. The summed E-state index contributed by atoms with van der Waals surface area (Å²) in [6, 6.07) is 0. The van der Waals surface area contributed by atoms with Crippen LogP contribution in [0.2, 0.25) is 0 Å². The first-order chi connectivity index (χ1) is 5.15. The number of ether oxygens (including phenoxy) is 1. The monoisotopic (exact) mass is 162 g/mol. The Balaban J connectivity index is 2.47. The predicted octanol–water partition coefficient (Wildman–Crippen LogP) is -0.917. The molecule has 0 spiro atoms. The average molecular weight is 162 g/mol. The first kappa shape index (κ1) is 8.93. The van der Waals surface area contributed by atoms with Crippen LogP contribution in [0.15, 0.2) is 0 Å². The molecule has 66 valence electrons. The molecule has 0 radical (unpaired) electrons. The van der Waals surface area contributed by atoms with Crippen LogP contribution in [0.1, 0.15) is 13.3 Å². The smallest absolute Gasteiger partial charge is 0.160 e. The molecule has 4 heteroatoms. The molecule has 1 rings (SSSR count). The van der Waals surface area contributed by atoms with Crippen molar-refractivity contribution in [2.75, 3.05) is 6.61 Å². The second-order valence-electron chi connectivity index (χ2n) is 2.99. The molecule has 1 aliphatic heterocycles. The highest BCUT2D eigenvalue weighted by molar-refractivity contribution is 4.77. The van der Waals surface area contributed by atoms with Crippen LogP contribution in [0.4, 0.5) is 0 Å². The van der Waals surface area contributed by atoms with E-state index in [4.69, 9.17) is 14.9 Å². The summed E-state index contributed by atoms with van der Waals surface area (Å²) < 4.78 is 4.96. The Kier molecular flexibility index (Phi) is 2.84. The highest BCUT2D eigenvalue weighted by Gasteiger charge is 2.33. The van der Waals surface area contributed by atoms with Crippen LogP contribution in [0.3, 0.4) is 0 Å². The highest BCUT2D eigenvalue weighted by atomic mass is 16.6. The maximum atomic E-state index is 9.30. The summed E-state index contributed by atoms with van der Waals surface area (Å²) >= 11 is 0. The number of hydrogen-bond donors (Lipinski definition) is 3. The average Bonchev–Trinajstić information content (AvgIpc) is 1.99. The van der Waals surface area contributed by atoms with Crippen molar-refractivity contribution >= 4 is 0 Å². The van der Waals surface area contributed by atoms with Gasteiger partial charge in [-0.1, -0.05) is 6.92 Å². The van der Waals surface area contributed by atoms with Gasteiger partial charge >= 0.3 is 0 Å². The molecule has 1 fully saturated rings. The number of rotatable bonds is 1. The third kappa shape index (κ3) is 1.90. The van der Waals surface area contributed by atoms with E-state index in [1.807, 2.05) is 0 Å². The molecule has 0 saturated carbocycles. The SMILES string of the molecule is C[C@@H]1C(O)CC(CO)OC1O. The number of hydrogen-bond acceptors (Lipinski definition) is 4.